The first kappa shape index (κ1) is 21.2. The Morgan fingerprint density at radius 2 is 1.90 bits per heavy atom. The quantitative estimate of drug-likeness (QED) is 0.782. The van der Waals surface area contributed by atoms with Gasteiger partial charge in [-0.1, -0.05) is 37.3 Å². The Labute approximate surface area is 172 Å². The molecule has 3 rings (SSSR count). The topological polar surface area (TPSA) is 75.7 Å². The molecule has 29 heavy (non-hydrogen) atoms. The number of carbonyl (C=O) groups excluding carboxylic acids is 1. The Morgan fingerprint density at radius 1 is 1.17 bits per heavy atom. The zero-order chi connectivity index (χ0) is 21.2. The number of aryl methyl sites for hydroxylation is 2. The summed E-state index contributed by atoms with van der Waals surface area (Å²) in [5.41, 5.74) is 3.86. The second kappa shape index (κ2) is 8.45. The number of nitrogens with one attached hydrogen (secondary N) is 1. The molecule has 0 saturated carbocycles. The number of rotatable bonds is 6. The number of benzene rings is 2. The van der Waals surface area contributed by atoms with Crippen LogP contribution in [0.3, 0.4) is 0 Å². The predicted molar refractivity (Wildman–Crippen MR) is 115 cm³/mol. The Morgan fingerprint density at radius 3 is 2.55 bits per heavy atom. The average molecular weight is 417 g/mol. The highest BCUT2D eigenvalue weighted by Gasteiger charge is 2.36. The van der Waals surface area contributed by atoms with Crippen LogP contribution in [0.1, 0.15) is 43.0 Å². The van der Waals surface area contributed by atoms with Crippen LogP contribution >= 0.6 is 0 Å². The van der Waals surface area contributed by atoms with Gasteiger partial charge in [-0.2, -0.15) is 0 Å². The minimum Gasteiger partial charge on any atom is -0.476 e. The molecule has 2 aromatic rings. The smallest absolute Gasteiger partial charge is 0.263 e. The summed E-state index contributed by atoms with van der Waals surface area (Å²) < 4.78 is 32.3. The van der Waals surface area contributed by atoms with Gasteiger partial charge in [0.05, 0.1) is 24.0 Å². The lowest BCUT2D eigenvalue weighted by molar-refractivity contribution is -0.128. The van der Waals surface area contributed by atoms with E-state index in [1.807, 2.05) is 26.0 Å². The highest BCUT2D eigenvalue weighted by molar-refractivity contribution is 7.92. The summed E-state index contributed by atoms with van der Waals surface area (Å²) in [7, 11) is -3.52. The van der Waals surface area contributed by atoms with E-state index in [1.165, 1.54) is 15.4 Å². The van der Waals surface area contributed by atoms with Crippen LogP contribution in [0, 0.1) is 13.8 Å². The maximum Gasteiger partial charge on any atom is 0.263 e. The zero-order valence-electron chi connectivity index (χ0n) is 17.3. The molecule has 0 unspecified atom stereocenters. The van der Waals surface area contributed by atoms with Gasteiger partial charge in [-0.25, -0.2) is 8.42 Å². The molecule has 0 aliphatic carbocycles. The van der Waals surface area contributed by atoms with Crippen LogP contribution in [0.4, 0.5) is 5.69 Å². The van der Waals surface area contributed by atoms with Gasteiger partial charge < -0.3 is 10.1 Å². The number of carbonyl (C=O) groups is 1. The molecular weight excluding hydrogens is 388 g/mol. The van der Waals surface area contributed by atoms with Crippen molar-refractivity contribution in [2.75, 3.05) is 16.6 Å². The van der Waals surface area contributed by atoms with E-state index >= 15 is 0 Å². The number of anilines is 1. The number of fused-ring (bicyclic) bond motifs is 1. The lowest BCUT2D eigenvalue weighted by atomic mass is 9.99. The van der Waals surface area contributed by atoms with Crippen LogP contribution in [0.5, 0.6) is 5.75 Å². The summed E-state index contributed by atoms with van der Waals surface area (Å²) in [6.07, 6.45) is -0.194. The van der Waals surface area contributed by atoms with E-state index < -0.39 is 16.1 Å². The molecular formula is C22H28N2O4S. The Kier molecular flexibility index (Phi) is 6.17. The SMILES string of the molecule is CC[C@@H](NC(=O)[C@@H]1CN(S(=O)(=O)CC)c2ccccc2O1)c1ccc(C)c(C)c1. The molecule has 6 nitrogen and oxygen atoms in total. The molecule has 1 amide bonds. The number of hydrogen-bond acceptors (Lipinski definition) is 4. The van der Waals surface area contributed by atoms with Gasteiger partial charge in [-0.3, -0.25) is 9.10 Å². The Bertz CT molecular complexity index is 1000. The van der Waals surface area contributed by atoms with Crippen molar-refractivity contribution in [3.8, 4) is 5.75 Å². The van der Waals surface area contributed by atoms with Gasteiger partial charge in [0.25, 0.3) is 5.91 Å². The van der Waals surface area contributed by atoms with Crippen LogP contribution in [-0.2, 0) is 14.8 Å². The number of ether oxygens (including phenoxy) is 1. The lowest BCUT2D eigenvalue weighted by Crippen LogP contribution is -2.51. The van der Waals surface area contributed by atoms with E-state index in [-0.39, 0.29) is 24.2 Å². The summed E-state index contributed by atoms with van der Waals surface area (Å²) in [5.74, 6) is 0.0339. The van der Waals surface area contributed by atoms with Gasteiger partial charge in [0.1, 0.15) is 5.75 Å². The highest BCUT2D eigenvalue weighted by Crippen LogP contribution is 2.35. The van der Waals surface area contributed by atoms with Crippen molar-refractivity contribution in [3.05, 3.63) is 59.2 Å². The average Bonchev–Trinajstić information content (AvgIpc) is 2.73. The molecule has 1 aliphatic rings. The molecule has 7 heteroatoms. The molecule has 1 aliphatic heterocycles. The molecule has 1 heterocycles. The largest absolute Gasteiger partial charge is 0.476 e. The zero-order valence-corrected chi connectivity index (χ0v) is 18.1. The minimum atomic E-state index is -3.52. The van der Waals surface area contributed by atoms with Crippen molar-refractivity contribution in [2.24, 2.45) is 0 Å². The molecule has 0 aromatic heterocycles. The van der Waals surface area contributed by atoms with Crippen LogP contribution in [0.2, 0.25) is 0 Å². The fraction of sp³-hybridized carbons (Fsp3) is 0.409. The molecule has 0 spiro atoms. The van der Waals surface area contributed by atoms with E-state index in [1.54, 1.807) is 31.2 Å². The number of hydrogen-bond donors (Lipinski definition) is 1. The molecule has 0 radical (unpaired) electrons. The number of nitrogens with zero attached hydrogens (tertiary/aromatic N) is 1. The van der Waals surface area contributed by atoms with Crippen molar-refractivity contribution >= 4 is 21.6 Å². The third-order valence-corrected chi connectivity index (χ3v) is 7.13. The Hall–Kier alpha value is -2.54. The van der Waals surface area contributed by atoms with Crippen LogP contribution < -0.4 is 14.4 Å². The van der Waals surface area contributed by atoms with Gasteiger partial charge in [0.15, 0.2) is 6.10 Å². The van der Waals surface area contributed by atoms with Crippen LogP contribution in [0.15, 0.2) is 42.5 Å². The highest BCUT2D eigenvalue weighted by atomic mass is 32.2. The maximum atomic E-state index is 13.0. The van der Waals surface area contributed by atoms with Crippen LogP contribution in [0.25, 0.3) is 0 Å². The predicted octanol–water partition coefficient (Wildman–Crippen LogP) is 3.49. The second-order valence-electron chi connectivity index (χ2n) is 7.32. The summed E-state index contributed by atoms with van der Waals surface area (Å²) in [6, 6.07) is 12.9. The van der Waals surface area contributed by atoms with Crippen molar-refractivity contribution < 1.29 is 17.9 Å². The standard InChI is InChI=1S/C22H28N2O4S/c1-5-18(17-12-11-15(3)16(4)13-17)23-22(25)21-14-24(29(26,27)6-2)19-9-7-8-10-20(19)28-21/h7-13,18,21H,5-6,14H2,1-4H3,(H,23,25)/t18-,21+/m1/s1. The number of sulfonamides is 1. The van der Waals surface area contributed by atoms with Crippen molar-refractivity contribution in [3.63, 3.8) is 0 Å². The molecule has 0 saturated heterocycles. The third kappa shape index (κ3) is 4.40. The van der Waals surface area contributed by atoms with Gasteiger partial charge in [0.2, 0.25) is 10.0 Å². The van der Waals surface area contributed by atoms with Crippen molar-refractivity contribution in [1.82, 2.24) is 5.32 Å². The molecule has 2 aromatic carbocycles. The van der Waals surface area contributed by atoms with Gasteiger partial charge >= 0.3 is 0 Å². The number of amides is 1. The van der Waals surface area contributed by atoms with E-state index in [0.717, 1.165) is 5.56 Å². The van der Waals surface area contributed by atoms with E-state index in [9.17, 15) is 13.2 Å². The maximum absolute atomic E-state index is 13.0. The van der Waals surface area contributed by atoms with E-state index in [4.69, 9.17) is 4.74 Å². The molecule has 0 fully saturated rings. The summed E-state index contributed by atoms with van der Waals surface area (Å²) >= 11 is 0. The van der Waals surface area contributed by atoms with E-state index in [2.05, 4.69) is 18.3 Å². The number of para-hydroxylation sites is 2. The minimum absolute atomic E-state index is 0.0393. The van der Waals surface area contributed by atoms with E-state index in [0.29, 0.717) is 17.9 Å². The fourth-order valence-corrected chi connectivity index (χ4v) is 4.55. The fourth-order valence-electron chi connectivity index (χ4n) is 3.43. The first-order valence-electron chi connectivity index (χ1n) is 9.90. The second-order valence-corrected chi connectivity index (χ2v) is 9.50. The van der Waals surface area contributed by atoms with Crippen molar-refractivity contribution in [2.45, 2.75) is 46.3 Å². The molecule has 1 N–H and O–H groups in total. The molecule has 156 valence electrons. The van der Waals surface area contributed by atoms with Gasteiger partial charge in [-0.05, 0) is 56.0 Å². The monoisotopic (exact) mass is 416 g/mol. The Balaban J connectivity index is 1.84. The molecule has 2 atom stereocenters. The summed E-state index contributed by atoms with van der Waals surface area (Å²) in [4.78, 5) is 13.0. The summed E-state index contributed by atoms with van der Waals surface area (Å²) in [5, 5.41) is 3.03. The van der Waals surface area contributed by atoms with Gasteiger partial charge in [0, 0.05) is 0 Å². The van der Waals surface area contributed by atoms with Crippen LogP contribution in [-0.4, -0.2) is 32.7 Å². The lowest BCUT2D eigenvalue weighted by Gasteiger charge is -2.35. The van der Waals surface area contributed by atoms with Gasteiger partial charge in [-0.15, -0.1) is 0 Å². The molecule has 0 bridgehead atoms. The first-order valence-corrected chi connectivity index (χ1v) is 11.5. The van der Waals surface area contributed by atoms with Crippen molar-refractivity contribution in [1.29, 1.82) is 0 Å². The first-order chi connectivity index (χ1) is 13.8. The normalized spacial score (nSPS) is 17.2. The summed E-state index contributed by atoms with van der Waals surface area (Å²) in [6.45, 7) is 7.65. The third-order valence-electron chi connectivity index (χ3n) is 5.39.